The predicted octanol–water partition coefficient (Wildman–Crippen LogP) is 1.52. The van der Waals surface area contributed by atoms with Crippen LogP contribution in [0.15, 0.2) is 37.0 Å². The van der Waals surface area contributed by atoms with Gasteiger partial charge in [-0.05, 0) is 18.4 Å². The molecule has 0 spiro atoms. The third-order valence-corrected chi connectivity index (χ3v) is 4.68. The van der Waals surface area contributed by atoms with Crippen molar-refractivity contribution in [2.24, 2.45) is 5.92 Å². The van der Waals surface area contributed by atoms with Gasteiger partial charge in [-0.1, -0.05) is 38.3 Å². The number of carboxylic acid groups (broad SMARTS) is 1. The molecular weight excluding hydrogens is 336 g/mol. The molecule has 1 fully saturated rings. The largest absolute Gasteiger partial charge is 0.480 e. The van der Waals surface area contributed by atoms with Crippen LogP contribution in [-0.2, 0) is 19.1 Å². The molecule has 0 aromatic carbocycles. The molecule has 26 heavy (non-hydrogen) atoms. The highest BCUT2D eigenvalue weighted by Crippen LogP contribution is 2.25. The number of hydrogen-bond acceptors (Lipinski definition) is 4. The lowest BCUT2D eigenvalue weighted by Crippen LogP contribution is -2.50. The molecule has 144 valence electrons. The first kappa shape index (κ1) is 21.6. The van der Waals surface area contributed by atoms with Crippen LogP contribution in [0, 0.1) is 5.92 Å². The summed E-state index contributed by atoms with van der Waals surface area (Å²) in [6.07, 6.45) is 6.69. The number of nitrogens with one attached hydrogen (secondary N) is 1. The minimum absolute atomic E-state index is 0.102. The Balaban J connectivity index is 2.85. The Bertz CT molecular complexity index is 572. The van der Waals surface area contributed by atoms with Crippen LogP contribution < -0.4 is 5.32 Å². The van der Waals surface area contributed by atoms with Crippen molar-refractivity contribution in [3.8, 4) is 0 Å². The van der Waals surface area contributed by atoms with Gasteiger partial charge in [0.05, 0.1) is 18.1 Å². The van der Waals surface area contributed by atoms with Crippen LogP contribution in [0.25, 0.3) is 0 Å². The number of rotatable bonds is 11. The standard InChI is InChI=1S/C19H28N2O5/c1-5-8-14(6-2)11-15(19(24)25)20-18(23)13(3)17(26-4)16-9-7-10-21(16)12-22/h5-6,8,12-13,15-17H,1-2,7,9-11H2,3-4H3,(H,20,23)(H,24,25)/b14-8+. The number of amides is 2. The molecule has 0 aromatic rings. The summed E-state index contributed by atoms with van der Waals surface area (Å²) < 4.78 is 5.48. The van der Waals surface area contributed by atoms with Crippen molar-refractivity contribution in [1.82, 2.24) is 10.2 Å². The van der Waals surface area contributed by atoms with Crippen LogP contribution in [0.3, 0.4) is 0 Å². The first-order chi connectivity index (χ1) is 12.4. The van der Waals surface area contributed by atoms with E-state index in [2.05, 4.69) is 18.5 Å². The number of aliphatic carboxylic acids is 1. The second kappa shape index (κ2) is 10.6. The topological polar surface area (TPSA) is 95.9 Å². The predicted molar refractivity (Wildman–Crippen MR) is 98.4 cm³/mol. The summed E-state index contributed by atoms with van der Waals surface area (Å²) in [5.41, 5.74) is 0.659. The molecule has 7 nitrogen and oxygen atoms in total. The Morgan fingerprint density at radius 2 is 2.12 bits per heavy atom. The summed E-state index contributed by atoms with van der Waals surface area (Å²) in [7, 11) is 1.49. The van der Waals surface area contributed by atoms with Crippen LogP contribution >= 0.6 is 0 Å². The summed E-state index contributed by atoms with van der Waals surface area (Å²) in [6, 6.07) is -1.27. The molecular formula is C19H28N2O5. The number of carbonyl (C=O) groups is 3. The van der Waals surface area contributed by atoms with Gasteiger partial charge < -0.3 is 20.1 Å². The average Bonchev–Trinajstić information content (AvgIpc) is 3.09. The molecule has 1 rings (SSSR count). The van der Waals surface area contributed by atoms with Gasteiger partial charge in [0.25, 0.3) is 0 Å². The molecule has 1 saturated heterocycles. The first-order valence-corrected chi connectivity index (χ1v) is 8.60. The highest BCUT2D eigenvalue weighted by molar-refractivity contribution is 5.85. The van der Waals surface area contributed by atoms with Crippen molar-refractivity contribution >= 4 is 18.3 Å². The number of allylic oxidation sites excluding steroid dienone is 3. The maximum Gasteiger partial charge on any atom is 0.326 e. The van der Waals surface area contributed by atoms with Gasteiger partial charge in [0, 0.05) is 20.1 Å². The van der Waals surface area contributed by atoms with E-state index in [1.54, 1.807) is 17.9 Å². The van der Waals surface area contributed by atoms with Gasteiger partial charge in [-0.3, -0.25) is 9.59 Å². The Labute approximate surface area is 154 Å². The SMILES string of the molecule is C=C/C=C(\C=C)CC(NC(=O)C(C)C(OC)C1CCCN1C=O)C(=O)O. The van der Waals surface area contributed by atoms with E-state index in [4.69, 9.17) is 4.74 Å². The lowest BCUT2D eigenvalue weighted by molar-refractivity contribution is -0.144. The zero-order valence-electron chi connectivity index (χ0n) is 15.4. The third-order valence-electron chi connectivity index (χ3n) is 4.68. The van der Waals surface area contributed by atoms with Gasteiger partial charge in [-0.2, -0.15) is 0 Å². The smallest absolute Gasteiger partial charge is 0.326 e. The number of likely N-dealkylation sites (tertiary alicyclic amines) is 1. The molecule has 1 heterocycles. The van der Waals surface area contributed by atoms with E-state index < -0.39 is 29.9 Å². The number of hydrogen-bond donors (Lipinski definition) is 2. The van der Waals surface area contributed by atoms with Gasteiger partial charge in [0.1, 0.15) is 6.04 Å². The Hall–Kier alpha value is -2.41. The molecule has 4 unspecified atom stereocenters. The summed E-state index contributed by atoms with van der Waals surface area (Å²) in [6.45, 7) is 9.52. The molecule has 1 aliphatic heterocycles. The van der Waals surface area contributed by atoms with E-state index in [0.717, 1.165) is 19.3 Å². The number of carboxylic acids is 1. The monoisotopic (exact) mass is 364 g/mol. The van der Waals surface area contributed by atoms with Gasteiger partial charge in [0.2, 0.25) is 12.3 Å². The molecule has 0 aromatic heterocycles. The summed E-state index contributed by atoms with van der Waals surface area (Å²) in [5, 5.41) is 12.0. The van der Waals surface area contributed by atoms with Crippen LogP contribution in [0.2, 0.25) is 0 Å². The Morgan fingerprint density at radius 3 is 2.62 bits per heavy atom. The molecule has 2 amide bonds. The van der Waals surface area contributed by atoms with E-state index in [-0.39, 0.29) is 12.5 Å². The normalized spacial score (nSPS) is 20.8. The van der Waals surface area contributed by atoms with E-state index in [0.29, 0.717) is 12.1 Å². The molecule has 2 N–H and O–H groups in total. The fraction of sp³-hybridized carbons (Fsp3) is 0.526. The lowest BCUT2D eigenvalue weighted by Gasteiger charge is -2.32. The van der Waals surface area contributed by atoms with Gasteiger partial charge in [-0.25, -0.2) is 4.79 Å². The number of ether oxygens (including phenoxy) is 1. The van der Waals surface area contributed by atoms with Crippen LogP contribution in [0.4, 0.5) is 0 Å². The fourth-order valence-corrected chi connectivity index (χ4v) is 3.25. The second-order valence-corrected chi connectivity index (χ2v) is 6.33. The fourth-order valence-electron chi connectivity index (χ4n) is 3.25. The van der Waals surface area contributed by atoms with Gasteiger partial charge >= 0.3 is 5.97 Å². The molecule has 0 saturated carbocycles. The molecule has 7 heteroatoms. The number of carbonyl (C=O) groups excluding carboxylic acids is 2. The maximum atomic E-state index is 12.6. The van der Waals surface area contributed by atoms with Crippen LogP contribution in [-0.4, -0.2) is 60.1 Å². The Kier molecular flexibility index (Phi) is 8.78. The minimum atomic E-state index is -1.13. The van der Waals surface area contributed by atoms with Crippen molar-refractivity contribution in [1.29, 1.82) is 0 Å². The van der Waals surface area contributed by atoms with Crippen LogP contribution in [0.1, 0.15) is 26.2 Å². The van der Waals surface area contributed by atoms with Gasteiger partial charge in [0.15, 0.2) is 0 Å². The Morgan fingerprint density at radius 1 is 1.42 bits per heavy atom. The molecule has 0 radical (unpaired) electrons. The summed E-state index contributed by atoms with van der Waals surface area (Å²) in [5.74, 6) is -2.17. The van der Waals surface area contributed by atoms with E-state index >= 15 is 0 Å². The molecule has 0 bridgehead atoms. The zero-order valence-corrected chi connectivity index (χ0v) is 15.4. The van der Waals surface area contributed by atoms with Crippen molar-refractivity contribution in [3.05, 3.63) is 37.0 Å². The second-order valence-electron chi connectivity index (χ2n) is 6.33. The zero-order chi connectivity index (χ0) is 19.7. The van der Waals surface area contributed by atoms with Crippen LogP contribution in [0.5, 0.6) is 0 Å². The number of methoxy groups -OCH3 is 1. The minimum Gasteiger partial charge on any atom is -0.480 e. The van der Waals surface area contributed by atoms with E-state index in [1.165, 1.54) is 19.3 Å². The summed E-state index contributed by atoms with van der Waals surface area (Å²) in [4.78, 5) is 36.9. The maximum absolute atomic E-state index is 12.6. The number of nitrogens with zero attached hydrogens (tertiary/aromatic N) is 1. The lowest BCUT2D eigenvalue weighted by atomic mass is 9.94. The van der Waals surface area contributed by atoms with Crippen molar-refractivity contribution in [3.63, 3.8) is 0 Å². The van der Waals surface area contributed by atoms with E-state index in [9.17, 15) is 19.5 Å². The highest BCUT2D eigenvalue weighted by Gasteiger charge is 2.38. The van der Waals surface area contributed by atoms with Crippen molar-refractivity contribution in [2.75, 3.05) is 13.7 Å². The third kappa shape index (κ3) is 5.56. The quantitative estimate of drug-likeness (QED) is 0.428. The van der Waals surface area contributed by atoms with Crippen molar-refractivity contribution in [2.45, 2.75) is 44.4 Å². The molecule has 1 aliphatic rings. The van der Waals surface area contributed by atoms with Crippen molar-refractivity contribution < 1.29 is 24.2 Å². The average molecular weight is 364 g/mol. The highest BCUT2D eigenvalue weighted by atomic mass is 16.5. The molecule has 4 atom stereocenters. The van der Waals surface area contributed by atoms with Gasteiger partial charge in [-0.15, -0.1) is 0 Å². The first-order valence-electron chi connectivity index (χ1n) is 8.60. The summed E-state index contributed by atoms with van der Waals surface area (Å²) >= 11 is 0. The molecule has 0 aliphatic carbocycles. The van der Waals surface area contributed by atoms with E-state index in [1.807, 2.05) is 0 Å².